The van der Waals surface area contributed by atoms with Crippen LogP contribution in [-0.2, 0) is 21.3 Å². The molecule has 0 aliphatic carbocycles. The van der Waals surface area contributed by atoms with E-state index in [9.17, 15) is 8.42 Å². The van der Waals surface area contributed by atoms with Gasteiger partial charge in [0.25, 0.3) is 0 Å². The maximum absolute atomic E-state index is 12.6. The summed E-state index contributed by atoms with van der Waals surface area (Å²) in [6.07, 6.45) is 0. The molecule has 0 amide bonds. The van der Waals surface area contributed by atoms with Crippen molar-refractivity contribution in [3.05, 3.63) is 11.4 Å². The Morgan fingerprint density at radius 3 is 2.52 bits per heavy atom. The second kappa shape index (κ2) is 6.87. The number of ether oxygens (including phenoxy) is 1. The van der Waals surface area contributed by atoms with Gasteiger partial charge in [0.15, 0.2) is 0 Å². The van der Waals surface area contributed by atoms with Crippen LogP contribution in [0, 0.1) is 6.92 Å². The first-order valence-electron chi connectivity index (χ1n) is 6.89. The molecule has 8 heteroatoms. The van der Waals surface area contributed by atoms with Crippen LogP contribution in [0.2, 0.25) is 0 Å². The van der Waals surface area contributed by atoms with Gasteiger partial charge in [0, 0.05) is 19.7 Å². The van der Waals surface area contributed by atoms with E-state index in [1.54, 1.807) is 20.8 Å². The van der Waals surface area contributed by atoms with Crippen molar-refractivity contribution >= 4 is 10.0 Å². The van der Waals surface area contributed by atoms with E-state index in [1.165, 1.54) is 7.11 Å². The van der Waals surface area contributed by atoms with Crippen LogP contribution < -0.4 is 10.0 Å². The molecular weight excluding hydrogens is 292 g/mol. The minimum atomic E-state index is -3.67. The molecule has 0 unspecified atom stereocenters. The topological polar surface area (TPSA) is 96.1 Å². The highest BCUT2D eigenvalue weighted by atomic mass is 32.2. The third-order valence-corrected chi connectivity index (χ3v) is 4.72. The number of aryl methyl sites for hydroxylation is 1. The number of H-pyrrole nitrogens is 1. The second-order valence-corrected chi connectivity index (χ2v) is 7.70. The predicted molar refractivity (Wildman–Crippen MR) is 81.6 cm³/mol. The third-order valence-electron chi connectivity index (χ3n) is 2.82. The molecule has 0 radical (unpaired) electrons. The lowest BCUT2D eigenvalue weighted by atomic mass is 10.1. The molecule has 0 fully saturated rings. The molecule has 21 heavy (non-hydrogen) atoms. The van der Waals surface area contributed by atoms with Gasteiger partial charge >= 0.3 is 0 Å². The number of hydrogen-bond acceptors (Lipinski definition) is 5. The van der Waals surface area contributed by atoms with Crippen molar-refractivity contribution in [2.24, 2.45) is 0 Å². The summed E-state index contributed by atoms with van der Waals surface area (Å²) in [6.45, 7) is 9.90. The van der Waals surface area contributed by atoms with Crippen molar-refractivity contribution in [3.63, 3.8) is 0 Å². The number of nitrogens with one attached hydrogen (secondary N) is 3. The lowest BCUT2D eigenvalue weighted by molar-refractivity contribution is 0.141. The van der Waals surface area contributed by atoms with Crippen molar-refractivity contribution in [3.8, 4) is 0 Å². The van der Waals surface area contributed by atoms with Gasteiger partial charge < -0.3 is 10.1 Å². The summed E-state index contributed by atoms with van der Waals surface area (Å²) in [5.74, 6) is 0. The zero-order chi connectivity index (χ0) is 16.3. The van der Waals surface area contributed by atoms with Crippen LogP contribution in [0.1, 0.15) is 39.1 Å². The Morgan fingerprint density at radius 1 is 1.38 bits per heavy atom. The van der Waals surface area contributed by atoms with E-state index in [-0.39, 0.29) is 17.5 Å². The molecule has 0 bridgehead atoms. The molecule has 7 nitrogen and oxygen atoms in total. The smallest absolute Gasteiger partial charge is 0.244 e. The fourth-order valence-corrected chi connectivity index (χ4v) is 3.82. The van der Waals surface area contributed by atoms with E-state index in [0.717, 1.165) is 0 Å². The van der Waals surface area contributed by atoms with Gasteiger partial charge in [-0.2, -0.15) is 5.10 Å². The number of aromatic nitrogens is 2. The average Bonchev–Trinajstić information content (AvgIpc) is 2.66. The highest BCUT2D eigenvalue weighted by Crippen LogP contribution is 2.20. The van der Waals surface area contributed by atoms with Crippen LogP contribution in [0.5, 0.6) is 0 Å². The van der Waals surface area contributed by atoms with Gasteiger partial charge in [-0.15, -0.1) is 0 Å². The monoisotopic (exact) mass is 318 g/mol. The van der Waals surface area contributed by atoms with Crippen LogP contribution in [0.25, 0.3) is 0 Å². The van der Waals surface area contributed by atoms with E-state index in [0.29, 0.717) is 17.9 Å². The average molecular weight is 318 g/mol. The first-order valence-corrected chi connectivity index (χ1v) is 8.37. The summed E-state index contributed by atoms with van der Waals surface area (Å²) in [5, 5.41) is 10.0. The van der Waals surface area contributed by atoms with Gasteiger partial charge in [-0.05, 0) is 20.8 Å². The number of aromatic amines is 1. The van der Waals surface area contributed by atoms with E-state index >= 15 is 0 Å². The zero-order valence-electron chi connectivity index (χ0n) is 13.6. The molecular formula is C13H26N4O3S. The van der Waals surface area contributed by atoms with Gasteiger partial charge in [-0.1, -0.05) is 13.8 Å². The molecule has 122 valence electrons. The van der Waals surface area contributed by atoms with Crippen LogP contribution in [0.15, 0.2) is 4.90 Å². The van der Waals surface area contributed by atoms with Crippen LogP contribution in [0.3, 0.4) is 0 Å². The Kier molecular flexibility index (Phi) is 5.92. The molecule has 0 atom stereocenters. The summed E-state index contributed by atoms with van der Waals surface area (Å²) in [7, 11) is -2.13. The summed E-state index contributed by atoms with van der Waals surface area (Å²) >= 11 is 0. The molecule has 1 heterocycles. The van der Waals surface area contributed by atoms with E-state index < -0.39 is 15.6 Å². The van der Waals surface area contributed by atoms with Gasteiger partial charge in [-0.3, -0.25) is 5.10 Å². The Hall–Kier alpha value is -0.960. The van der Waals surface area contributed by atoms with Gasteiger partial charge in [0.05, 0.1) is 23.5 Å². The van der Waals surface area contributed by atoms with Crippen LogP contribution in [0.4, 0.5) is 0 Å². The van der Waals surface area contributed by atoms with Gasteiger partial charge in [-0.25, -0.2) is 13.1 Å². The minimum Gasteiger partial charge on any atom is -0.383 e. The number of rotatable bonds is 8. The molecule has 3 N–H and O–H groups in total. The van der Waals surface area contributed by atoms with Crippen molar-refractivity contribution < 1.29 is 13.2 Å². The summed E-state index contributed by atoms with van der Waals surface area (Å²) in [5.41, 5.74) is 0.318. The molecule has 0 aromatic carbocycles. The molecule has 1 aromatic rings. The second-order valence-electron chi connectivity index (χ2n) is 6.08. The lowest BCUT2D eigenvalue weighted by Gasteiger charge is -2.25. The quantitative estimate of drug-likeness (QED) is 0.662. The Morgan fingerprint density at radius 2 is 2.00 bits per heavy atom. The number of hydrogen-bond donors (Lipinski definition) is 3. The fraction of sp³-hybridized carbons (Fsp3) is 0.769. The van der Waals surface area contributed by atoms with Crippen LogP contribution in [-0.4, -0.2) is 43.9 Å². The van der Waals surface area contributed by atoms with E-state index in [2.05, 4.69) is 20.2 Å². The van der Waals surface area contributed by atoms with Crippen molar-refractivity contribution in [2.75, 3.05) is 13.7 Å². The lowest BCUT2D eigenvalue weighted by Crippen LogP contribution is -2.47. The number of methoxy groups -OCH3 is 1. The molecule has 0 aliphatic heterocycles. The SMILES string of the molecule is COCC(C)(C)NS(=O)(=O)c1c(CNC(C)C)n[nH]c1C. The normalized spacial score (nSPS) is 13.1. The Balaban J connectivity index is 3.05. The van der Waals surface area contributed by atoms with Gasteiger partial charge in [0.1, 0.15) is 4.90 Å². The first kappa shape index (κ1) is 18.1. The van der Waals surface area contributed by atoms with Gasteiger partial charge in [0.2, 0.25) is 10.0 Å². The largest absolute Gasteiger partial charge is 0.383 e. The Bertz CT molecular complexity index is 564. The maximum atomic E-state index is 12.6. The molecule has 0 saturated heterocycles. The minimum absolute atomic E-state index is 0.208. The van der Waals surface area contributed by atoms with Crippen LogP contribution >= 0.6 is 0 Å². The van der Waals surface area contributed by atoms with Crippen molar-refractivity contribution in [2.45, 2.75) is 57.6 Å². The first-order chi connectivity index (χ1) is 9.59. The fourth-order valence-electron chi connectivity index (χ4n) is 2.05. The molecule has 0 saturated carbocycles. The number of nitrogens with zero attached hydrogens (tertiary/aromatic N) is 1. The zero-order valence-corrected chi connectivity index (χ0v) is 14.4. The third kappa shape index (κ3) is 5.06. The molecule has 1 aromatic heterocycles. The highest BCUT2D eigenvalue weighted by molar-refractivity contribution is 7.89. The summed E-state index contributed by atoms with van der Waals surface area (Å²) < 4.78 is 32.9. The molecule has 0 aliphatic rings. The number of sulfonamides is 1. The molecule has 0 spiro atoms. The molecule has 1 rings (SSSR count). The predicted octanol–water partition coefficient (Wildman–Crippen LogP) is 0.919. The summed E-state index contributed by atoms with van der Waals surface area (Å²) in [6, 6.07) is 0.246. The standard InChI is InChI=1S/C13H26N4O3S/c1-9(2)14-7-11-12(10(3)15-16-11)21(18,19)17-13(4,5)8-20-6/h9,14,17H,7-8H2,1-6H3,(H,15,16). The van der Waals surface area contributed by atoms with E-state index in [4.69, 9.17) is 4.74 Å². The Labute approximate surface area is 126 Å². The maximum Gasteiger partial charge on any atom is 0.244 e. The van der Waals surface area contributed by atoms with Crippen molar-refractivity contribution in [1.82, 2.24) is 20.2 Å². The highest BCUT2D eigenvalue weighted by Gasteiger charge is 2.30. The summed E-state index contributed by atoms with van der Waals surface area (Å²) in [4.78, 5) is 0.208. The van der Waals surface area contributed by atoms with E-state index in [1.807, 2.05) is 13.8 Å². The van der Waals surface area contributed by atoms with Crippen molar-refractivity contribution in [1.29, 1.82) is 0 Å².